The molecule has 0 aliphatic heterocycles. The van der Waals surface area contributed by atoms with Crippen LogP contribution in [0, 0.1) is 6.92 Å². The van der Waals surface area contributed by atoms with Gasteiger partial charge in [0.1, 0.15) is 5.75 Å². The van der Waals surface area contributed by atoms with Crippen molar-refractivity contribution in [2.75, 3.05) is 13.7 Å². The number of carbonyl (C=O) groups excluding carboxylic acids is 1. The standard InChI is InChI=1S/C20H21NO3/c1-15-8-10-16(11-9-15)24-13-5-12-21-14-18(20(22)23-2)17-6-3-4-7-19(17)21/h3-4,6-11,14H,5,12-13H2,1-2H3. The van der Waals surface area contributed by atoms with Gasteiger partial charge in [0.2, 0.25) is 0 Å². The fourth-order valence-corrected chi connectivity index (χ4v) is 2.76. The Balaban J connectivity index is 1.67. The summed E-state index contributed by atoms with van der Waals surface area (Å²) in [4.78, 5) is 11.9. The van der Waals surface area contributed by atoms with Gasteiger partial charge in [0, 0.05) is 23.6 Å². The maximum atomic E-state index is 11.9. The normalized spacial score (nSPS) is 10.8. The van der Waals surface area contributed by atoms with Gasteiger partial charge in [0.15, 0.2) is 0 Å². The van der Waals surface area contributed by atoms with Gasteiger partial charge < -0.3 is 14.0 Å². The van der Waals surface area contributed by atoms with Crippen molar-refractivity contribution >= 4 is 16.9 Å². The molecule has 0 radical (unpaired) electrons. The number of benzene rings is 2. The number of esters is 1. The van der Waals surface area contributed by atoms with Crippen LogP contribution in [0.25, 0.3) is 10.9 Å². The first-order valence-electron chi connectivity index (χ1n) is 8.04. The summed E-state index contributed by atoms with van der Waals surface area (Å²) in [5, 5.41) is 0.920. The topological polar surface area (TPSA) is 40.5 Å². The first kappa shape index (κ1) is 16.1. The predicted molar refractivity (Wildman–Crippen MR) is 94.6 cm³/mol. The maximum Gasteiger partial charge on any atom is 0.340 e. The highest BCUT2D eigenvalue weighted by Gasteiger charge is 2.14. The van der Waals surface area contributed by atoms with Crippen LogP contribution >= 0.6 is 0 Å². The van der Waals surface area contributed by atoms with Crippen molar-refractivity contribution in [2.45, 2.75) is 19.9 Å². The minimum absolute atomic E-state index is 0.305. The Labute approximate surface area is 141 Å². The van der Waals surface area contributed by atoms with Crippen LogP contribution in [-0.2, 0) is 11.3 Å². The molecule has 0 bridgehead atoms. The maximum absolute atomic E-state index is 11.9. The second-order valence-electron chi connectivity index (χ2n) is 5.76. The Morgan fingerprint density at radius 1 is 1.08 bits per heavy atom. The zero-order valence-corrected chi connectivity index (χ0v) is 14.0. The van der Waals surface area contributed by atoms with E-state index in [1.807, 2.05) is 54.7 Å². The molecular weight excluding hydrogens is 302 g/mol. The van der Waals surface area contributed by atoms with E-state index in [1.165, 1.54) is 12.7 Å². The van der Waals surface area contributed by atoms with E-state index < -0.39 is 0 Å². The molecule has 0 aliphatic carbocycles. The molecule has 0 aliphatic rings. The van der Waals surface area contributed by atoms with E-state index in [2.05, 4.69) is 11.5 Å². The Kier molecular flexibility index (Phi) is 4.85. The van der Waals surface area contributed by atoms with Gasteiger partial charge in [-0.15, -0.1) is 0 Å². The number of aromatic nitrogens is 1. The van der Waals surface area contributed by atoms with Crippen molar-refractivity contribution in [2.24, 2.45) is 0 Å². The van der Waals surface area contributed by atoms with Gasteiger partial charge in [-0.1, -0.05) is 35.9 Å². The van der Waals surface area contributed by atoms with Crippen LogP contribution in [-0.4, -0.2) is 24.3 Å². The molecule has 0 spiro atoms. The highest BCUT2D eigenvalue weighted by Crippen LogP contribution is 2.22. The summed E-state index contributed by atoms with van der Waals surface area (Å²) in [6, 6.07) is 15.9. The number of fused-ring (bicyclic) bond motifs is 1. The third kappa shape index (κ3) is 3.43. The Hall–Kier alpha value is -2.75. The van der Waals surface area contributed by atoms with Crippen molar-refractivity contribution in [3.8, 4) is 5.75 Å². The van der Waals surface area contributed by atoms with Crippen molar-refractivity contribution in [1.29, 1.82) is 0 Å². The molecule has 4 heteroatoms. The molecular formula is C20H21NO3. The first-order chi connectivity index (χ1) is 11.7. The highest BCUT2D eigenvalue weighted by atomic mass is 16.5. The summed E-state index contributed by atoms with van der Waals surface area (Å²) in [5.41, 5.74) is 2.86. The van der Waals surface area contributed by atoms with Crippen molar-refractivity contribution in [3.05, 3.63) is 65.9 Å². The molecule has 3 aromatic rings. The van der Waals surface area contributed by atoms with Crippen LogP contribution in [0.4, 0.5) is 0 Å². The first-order valence-corrected chi connectivity index (χ1v) is 8.04. The zero-order valence-electron chi connectivity index (χ0n) is 14.0. The van der Waals surface area contributed by atoms with E-state index in [-0.39, 0.29) is 5.97 Å². The average Bonchev–Trinajstić information content (AvgIpc) is 2.98. The lowest BCUT2D eigenvalue weighted by molar-refractivity contribution is 0.0602. The SMILES string of the molecule is COC(=O)c1cn(CCCOc2ccc(C)cc2)c2ccccc12. The summed E-state index contributed by atoms with van der Waals surface area (Å²) in [7, 11) is 1.41. The van der Waals surface area contributed by atoms with E-state index in [0.29, 0.717) is 12.2 Å². The summed E-state index contributed by atoms with van der Waals surface area (Å²) in [6.45, 7) is 3.46. The van der Waals surface area contributed by atoms with E-state index in [1.54, 1.807) is 0 Å². The molecule has 1 aromatic heterocycles. The molecule has 0 saturated heterocycles. The third-order valence-corrected chi connectivity index (χ3v) is 4.03. The smallest absolute Gasteiger partial charge is 0.340 e. The fourth-order valence-electron chi connectivity index (χ4n) is 2.76. The Morgan fingerprint density at radius 2 is 1.83 bits per heavy atom. The zero-order chi connectivity index (χ0) is 16.9. The second-order valence-corrected chi connectivity index (χ2v) is 5.76. The lowest BCUT2D eigenvalue weighted by Crippen LogP contribution is -2.04. The molecule has 0 atom stereocenters. The molecule has 24 heavy (non-hydrogen) atoms. The van der Waals surface area contributed by atoms with Crippen LogP contribution in [0.1, 0.15) is 22.3 Å². The summed E-state index contributed by atoms with van der Waals surface area (Å²) < 4.78 is 12.7. The van der Waals surface area contributed by atoms with Crippen LogP contribution in [0.3, 0.4) is 0 Å². The van der Waals surface area contributed by atoms with Crippen LogP contribution in [0.5, 0.6) is 5.75 Å². The van der Waals surface area contributed by atoms with Gasteiger partial charge in [0.25, 0.3) is 0 Å². The van der Waals surface area contributed by atoms with Gasteiger partial charge in [0.05, 0.1) is 19.3 Å². The predicted octanol–water partition coefficient (Wildman–Crippen LogP) is 4.21. The van der Waals surface area contributed by atoms with E-state index in [4.69, 9.17) is 9.47 Å². The lowest BCUT2D eigenvalue weighted by Gasteiger charge is -2.08. The number of aryl methyl sites for hydroxylation is 2. The molecule has 0 amide bonds. The number of nitrogens with zero attached hydrogens (tertiary/aromatic N) is 1. The Morgan fingerprint density at radius 3 is 2.58 bits per heavy atom. The number of hydrogen-bond acceptors (Lipinski definition) is 3. The summed E-state index contributed by atoms with van der Waals surface area (Å²) >= 11 is 0. The molecule has 0 fully saturated rings. The van der Waals surface area contributed by atoms with Gasteiger partial charge in [-0.25, -0.2) is 4.79 Å². The number of para-hydroxylation sites is 1. The van der Waals surface area contributed by atoms with Gasteiger partial charge in [-0.2, -0.15) is 0 Å². The highest BCUT2D eigenvalue weighted by molar-refractivity contribution is 6.04. The van der Waals surface area contributed by atoms with E-state index >= 15 is 0 Å². The van der Waals surface area contributed by atoms with Crippen LogP contribution in [0.2, 0.25) is 0 Å². The molecule has 3 rings (SSSR count). The molecule has 1 heterocycles. The molecule has 124 valence electrons. The molecule has 0 N–H and O–H groups in total. The fraction of sp³-hybridized carbons (Fsp3) is 0.250. The summed E-state index contributed by atoms with van der Waals surface area (Å²) in [5.74, 6) is 0.578. The van der Waals surface area contributed by atoms with E-state index in [9.17, 15) is 4.79 Å². The van der Waals surface area contributed by atoms with Crippen LogP contribution in [0.15, 0.2) is 54.7 Å². The number of carbonyl (C=O) groups is 1. The number of hydrogen-bond donors (Lipinski definition) is 0. The summed E-state index contributed by atoms with van der Waals surface area (Å²) in [6.07, 6.45) is 2.72. The molecule has 0 saturated carbocycles. The van der Waals surface area contributed by atoms with Gasteiger partial charge in [-0.05, 0) is 31.5 Å². The van der Waals surface area contributed by atoms with Gasteiger partial charge >= 0.3 is 5.97 Å². The lowest BCUT2D eigenvalue weighted by atomic mass is 10.2. The van der Waals surface area contributed by atoms with E-state index in [0.717, 1.165) is 29.6 Å². The van der Waals surface area contributed by atoms with Crippen molar-refractivity contribution in [1.82, 2.24) is 4.57 Å². The average molecular weight is 323 g/mol. The minimum atomic E-state index is -0.305. The third-order valence-electron chi connectivity index (χ3n) is 4.03. The largest absolute Gasteiger partial charge is 0.494 e. The molecule has 4 nitrogen and oxygen atoms in total. The number of methoxy groups -OCH3 is 1. The quantitative estimate of drug-likeness (QED) is 0.504. The molecule has 2 aromatic carbocycles. The number of ether oxygens (including phenoxy) is 2. The van der Waals surface area contributed by atoms with Crippen molar-refractivity contribution in [3.63, 3.8) is 0 Å². The second kappa shape index (κ2) is 7.21. The monoisotopic (exact) mass is 323 g/mol. The molecule has 0 unspecified atom stereocenters. The van der Waals surface area contributed by atoms with Crippen molar-refractivity contribution < 1.29 is 14.3 Å². The minimum Gasteiger partial charge on any atom is -0.494 e. The number of rotatable bonds is 6. The Bertz CT molecular complexity index is 834. The van der Waals surface area contributed by atoms with Crippen LogP contribution < -0.4 is 4.74 Å². The van der Waals surface area contributed by atoms with Gasteiger partial charge in [-0.3, -0.25) is 0 Å².